The van der Waals surface area contributed by atoms with Gasteiger partial charge in [-0.3, -0.25) is 10.2 Å². The van der Waals surface area contributed by atoms with Crippen molar-refractivity contribution in [2.75, 3.05) is 12.5 Å². The van der Waals surface area contributed by atoms with Crippen LogP contribution >= 0.6 is 11.3 Å². The standard InChI is InChI=1S/C17H18N2O3S/c1-22-13-5-3-12(4-6-13)18-19-17-11(10-16(20)21)2-7-15-14(17)8-9-23-15/h3-6,8-9,11,18H,2,7,10H2,1H3,(H,20,21)/b19-17+. The molecule has 2 N–H and O–H groups in total. The number of rotatable bonds is 5. The number of carboxylic acids is 1. The minimum atomic E-state index is -0.786. The van der Waals surface area contributed by atoms with E-state index in [9.17, 15) is 4.79 Å². The Hall–Kier alpha value is -2.34. The first-order valence-electron chi connectivity index (χ1n) is 7.43. The lowest BCUT2D eigenvalue weighted by Crippen LogP contribution is -2.25. The molecule has 0 bridgehead atoms. The number of aliphatic carboxylic acids is 1. The Bertz CT molecular complexity index is 722. The van der Waals surface area contributed by atoms with E-state index in [0.717, 1.165) is 35.6 Å². The molecule has 0 saturated heterocycles. The minimum Gasteiger partial charge on any atom is -0.497 e. The zero-order valence-corrected chi connectivity index (χ0v) is 13.6. The summed E-state index contributed by atoms with van der Waals surface area (Å²) in [6.07, 6.45) is 1.86. The fourth-order valence-corrected chi connectivity index (χ4v) is 3.68. The maximum atomic E-state index is 11.1. The van der Waals surface area contributed by atoms with E-state index < -0.39 is 5.97 Å². The Labute approximate surface area is 138 Å². The maximum Gasteiger partial charge on any atom is 0.304 e. The Morgan fingerprint density at radius 3 is 2.87 bits per heavy atom. The third kappa shape index (κ3) is 3.53. The number of anilines is 1. The lowest BCUT2D eigenvalue weighted by molar-refractivity contribution is -0.137. The van der Waals surface area contributed by atoms with E-state index in [-0.39, 0.29) is 12.3 Å². The van der Waals surface area contributed by atoms with Gasteiger partial charge in [0.05, 0.1) is 24.9 Å². The Kier molecular flexibility index (Phi) is 4.62. The zero-order chi connectivity index (χ0) is 16.2. The number of hydrogen-bond acceptors (Lipinski definition) is 5. The van der Waals surface area contributed by atoms with Crippen molar-refractivity contribution in [3.8, 4) is 5.75 Å². The highest BCUT2D eigenvalue weighted by Gasteiger charge is 2.28. The summed E-state index contributed by atoms with van der Waals surface area (Å²) in [6.45, 7) is 0. The lowest BCUT2D eigenvalue weighted by atomic mass is 9.84. The van der Waals surface area contributed by atoms with Crippen molar-refractivity contribution >= 4 is 28.7 Å². The Balaban J connectivity index is 1.84. The molecule has 1 aliphatic carbocycles. The van der Waals surface area contributed by atoms with Gasteiger partial charge in [0.25, 0.3) is 0 Å². The summed E-state index contributed by atoms with van der Waals surface area (Å²) < 4.78 is 5.13. The molecule has 1 aromatic carbocycles. The SMILES string of the molecule is COc1ccc(N/N=C2/c3ccsc3CCC2CC(=O)O)cc1. The number of fused-ring (bicyclic) bond motifs is 1. The number of methoxy groups -OCH3 is 1. The van der Waals surface area contributed by atoms with E-state index in [1.807, 2.05) is 35.7 Å². The summed E-state index contributed by atoms with van der Waals surface area (Å²) in [7, 11) is 1.62. The first-order chi connectivity index (χ1) is 11.2. The van der Waals surface area contributed by atoms with Crippen molar-refractivity contribution in [3.05, 3.63) is 46.2 Å². The molecular weight excluding hydrogens is 312 g/mol. The van der Waals surface area contributed by atoms with Crippen LogP contribution in [0, 0.1) is 5.92 Å². The zero-order valence-electron chi connectivity index (χ0n) is 12.8. The summed E-state index contributed by atoms with van der Waals surface area (Å²) in [5, 5.41) is 15.7. The lowest BCUT2D eigenvalue weighted by Gasteiger charge is -2.23. The minimum absolute atomic E-state index is 0.0552. The highest BCUT2D eigenvalue weighted by molar-refractivity contribution is 7.10. The number of aryl methyl sites for hydroxylation is 1. The first kappa shape index (κ1) is 15.6. The number of nitrogens with zero attached hydrogens (tertiary/aromatic N) is 1. The van der Waals surface area contributed by atoms with Crippen LogP contribution in [-0.2, 0) is 11.2 Å². The third-order valence-electron chi connectivity index (χ3n) is 3.94. The normalized spacial score (nSPS) is 18.5. The summed E-state index contributed by atoms with van der Waals surface area (Å²) in [4.78, 5) is 12.4. The van der Waals surface area contributed by atoms with Crippen molar-refractivity contribution in [2.45, 2.75) is 19.3 Å². The average molecular weight is 330 g/mol. The Morgan fingerprint density at radius 1 is 1.39 bits per heavy atom. The van der Waals surface area contributed by atoms with Gasteiger partial charge in [0, 0.05) is 16.4 Å². The van der Waals surface area contributed by atoms with Crippen molar-refractivity contribution in [2.24, 2.45) is 11.0 Å². The number of carbonyl (C=O) groups is 1. The van der Waals surface area contributed by atoms with Crippen molar-refractivity contribution in [3.63, 3.8) is 0 Å². The molecule has 1 aromatic heterocycles. The fraction of sp³-hybridized carbons (Fsp3) is 0.294. The van der Waals surface area contributed by atoms with Gasteiger partial charge < -0.3 is 9.84 Å². The number of nitrogens with one attached hydrogen (secondary N) is 1. The average Bonchev–Trinajstić information content (AvgIpc) is 3.02. The van der Waals surface area contributed by atoms with Gasteiger partial charge in [-0.15, -0.1) is 11.3 Å². The third-order valence-corrected chi connectivity index (χ3v) is 4.93. The van der Waals surface area contributed by atoms with Crippen LogP contribution in [0.4, 0.5) is 5.69 Å². The highest BCUT2D eigenvalue weighted by atomic mass is 32.1. The predicted molar refractivity (Wildman–Crippen MR) is 91.5 cm³/mol. The summed E-state index contributed by atoms with van der Waals surface area (Å²) in [5.41, 5.74) is 5.80. The molecule has 1 aliphatic rings. The molecule has 0 amide bonds. The number of carboxylic acid groups (broad SMARTS) is 1. The molecule has 1 unspecified atom stereocenters. The van der Waals surface area contributed by atoms with Crippen LogP contribution in [0.2, 0.25) is 0 Å². The summed E-state index contributed by atoms with van der Waals surface area (Å²) in [5.74, 6) is -0.0593. The number of ether oxygens (including phenoxy) is 1. The molecule has 120 valence electrons. The molecule has 23 heavy (non-hydrogen) atoms. The van der Waals surface area contributed by atoms with E-state index in [0.29, 0.717) is 0 Å². The van der Waals surface area contributed by atoms with E-state index in [1.54, 1.807) is 18.4 Å². The van der Waals surface area contributed by atoms with Gasteiger partial charge >= 0.3 is 5.97 Å². The fourth-order valence-electron chi connectivity index (χ4n) is 2.78. The quantitative estimate of drug-likeness (QED) is 0.822. The molecular formula is C17H18N2O3S. The van der Waals surface area contributed by atoms with Gasteiger partial charge in [0.2, 0.25) is 0 Å². The molecule has 1 heterocycles. The second-order valence-corrected chi connectivity index (χ2v) is 6.43. The van der Waals surface area contributed by atoms with Crippen molar-refractivity contribution in [1.29, 1.82) is 0 Å². The molecule has 0 spiro atoms. The molecule has 2 aromatic rings. The van der Waals surface area contributed by atoms with Crippen LogP contribution in [0.5, 0.6) is 5.75 Å². The molecule has 1 atom stereocenters. The van der Waals surface area contributed by atoms with Crippen LogP contribution in [0.25, 0.3) is 0 Å². The predicted octanol–water partition coefficient (Wildman–Crippen LogP) is 3.61. The second-order valence-electron chi connectivity index (χ2n) is 5.43. The van der Waals surface area contributed by atoms with Crippen LogP contribution in [0.15, 0.2) is 40.8 Å². The molecule has 0 saturated carbocycles. The molecule has 3 rings (SSSR count). The van der Waals surface area contributed by atoms with E-state index >= 15 is 0 Å². The monoisotopic (exact) mass is 330 g/mol. The van der Waals surface area contributed by atoms with Gasteiger partial charge in [-0.25, -0.2) is 0 Å². The molecule has 5 nitrogen and oxygen atoms in total. The van der Waals surface area contributed by atoms with Crippen LogP contribution in [0.1, 0.15) is 23.3 Å². The summed E-state index contributed by atoms with van der Waals surface area (Å²) >= 11 is 1.70. The number of benzene rings is 1. The van der Waals surface area contributed by atoms with Gasteiger partial charge in [0.15, 0.2) is 0 Å². The largest absolute Gasteiger partial charge is 0.497 e. The molecule has 6 heteroatoms. The Morgan fingerprint density at radius 2 is 2.17 bits per heavy atom. The van der Waals surface area contributed by atoms with Crippen LogP contribution in [-0.4, -0.2) is 23.9 Å². The van der Waals surface area contributed by atoms with Gasteiger partial charge in [0.1, 0.15) is 5.75 Å². The molecule has 0 radical (unpaired) electrons. The van der Waals surface area contributed by atoms with Gasteiger partial charge in [-0.1, -0.05) is 0 Å². The van der Waals surface area contributed by atoms with E-state index in [1.165, 1.54) is 4.88 Å². The van der Waals surface area contributed by atoms with Crippen LogP contribution in [0.3, 0.4) is 0 Å². The maximum absolute atomic E-state index is 11.1. The highest BCUT2D eigenvalue weighted by Crippen LogP contribution is 2.32. The number of thiophene rings is 1. The van der Waals surface area contributed by atoms with Crippen molar-refractivity contribution < 1.29 is 14.6 Å². The first-order valence-corrected chi connectivity index (χ1v) is 8.31. The molecule has 0 aliphatic heterocycles. The van der Waals surface area contributed by atoms with Crippen LogP contribution < -0.4 is 10.2 Å². The van der Waals surface area contributed by atoms with Crippen molar-refractivity contribution in [1.82, 2.24) is 0 Å². The molecule has 0 fully saturated rings. The topological polar surface area (TPSA) is 70.9 Å². The number of hydrogen-bond donors (Lipinski definition) is 2. The number of hydrazone groups is 1. The van der Waals surface area contributed by atoms with E-state index in [4.69, 9.17) is 9.84 Å². The summed E-state index contributed by atoms with van der Waals surface area (Å²) in [6, 6.07) is 9.50. The second kappa shape index (κ2) is 6.83. The van der Waals surface area contributed by atoms with Gasteiger partial charge in [-0.2, -0.15) is 5.10 Å². The van der Waals surface area contributed by atoms with Gasteiger partial charge in [-0.05, 0) is 48.6 Å². The van der Waals surface area contributed by atoms with E-state index in [2.05, 4.69) is 10.5 Å². The smallest absolute Gasteiger partial charge is 0.304 e.